The fourth-order valence-corrected chi connectivity index (χ4v) is 4.41. The van der Waals surface area contributed by atoms with Crippen LogP contribution in [-0.2, 0) is 12.8 Å². The minimum atomic E-state index is -0.434. The van der Waals surface area contributed by atoms with Crippen molar-refractivity contribution in [3.8, 4) is 11.1 Å². The molecule has 0 amide bonds. The van der Waals surface area contributed by atoms with E-state index in [2.05, 4.69) is 42.3 Å². The van der Waals surface area contributed by atoms with Gasteiger partial charge < -0.3 is 5.11 Å². The molecule has 2 atom stereocenters. The molecule has 5 rings (SSSR count). The summed E-state index contributed by atoms with van der Waals surface area (Å²) in [4.78, 5) is 2.48. The molecule has 2 aromatic carbocycles. The highest BCUT2D eigenvalue weighted by Gasteiger charge is 2.40. The normalized spacial score (nSPS) is 25.7. The molecule has 0 spiro atoms. The van der Waals surface area contributed by atoms with Gasteiger partial charge in [-0.2, -0.15) is 0 Å². The Labute approximate surface area is 118 Å². The predicted octanol–water partition coefficient (Wildman–Crippen LogP) is 2.83. The van der Waals surface area contributed by atoms with Crippen LogP contribution in [0.2, 0.25) is 0 Å². The Morgan fingerprint density at radius 2 is 1.90 bits per heavy atom. The molecule has 2 unspecified atom stereocenters. The second kappa shape index (κ2) is 3.51. The van der Waals surface area contributed by atoms with E-state index in [1.165, 1.54) is 27.8 Å². The molecule has 2 nitrogen and oxygen atoms in total. The summed E-state index contributed by atoms with van der Waals surface area (Å²) in [6.45, 7) is 1.13. The van der Waals surface area contributed by atoms with Crippen LogP contribution >= 0.6 is 0 Å². The standard InChI is InChI=1S/C18H17NO/c1-19-8-7-10-5-6-13-17-15-11(9-14(19)16(10)17)3-2-4-12(15)18(13)20/h2-6,14,18,20H,7-9H2,1H3. The highest BCUT2D eigenvalue weighted by molar-refractivity contribution is 5.86. The molecular formula is C18H17NO. The van der Waals surface area contributed by atoms with Crippen molar-refractivity contribution < 1.29 is 5.11 Å². The number of aliphatic hydroxyl groups is 1. The Morgan fingerprint density at radius 1 is 1.05 bits per heavy atom. The van der Waals surface area contributed by atoms with Crippen LogP contribution in [-0.4, -0.2) is 23.6 Å². The van der Waals surface area contributed by atoms with Crippen molar-refractivity contribution in [2.45, 2.75) is 25.0 Å². The molecule has 0 fully saturated rings. The van der Waals surface area contributed by atoms with Gasteiger partial charge in [0, 0.05) is 12.6 Å². The van der Waals surface area contributed by atoms with Gasteiger partial charge in [-0.15, -0.1) is 0 Å². The van der Waals surface area contributed by atoms with E-state index in [1.807, 2.05) is 0 Å². The van der Waals surface area contributed by atoms with Crippen LogP contribution in [0.15, 0.2) is 30.3 Å². The quantitative estimate of drug-likeness (QED) is 0.790. The van der Waals surface area contributed by atoms with Crippen LogP contribution < -0.4 is 0 Å². The highest BCUT2D eigenvalue weighted by atomic mass is 16.3. The maximum atomic E-state index is 10.6. The van der Waals surface area contributed by atoms with Gasteiger partial charge in [0.25, 0.3) is 0 Å². The van der Waals surface area contributed by atoms with E-state index >= 15 is 0 Å². The van der Waals surface area contributed by atoms with E-state index < -0.39 is 6.10 Å². The molecule has 0 bridgehead atoms. The van der Waals surface area contributed by atoms with Gasteiger partial charge in [0.1, 0.15) is 6.10 Å². The third kappa shape index (κ3) is 1.13. The largest absolute Gasteiger partial charge is 0.384 e. The second-order valence-electron chi connectivity index (χ2n) is 6.34. The first-order valence-corrected chi connectivity index (χ1v) is 7.42. The first kappa shape index (κ1) is 11.1. The number of hydrogen-bond acceptors (Lipinski definition) is 2. The minimum absolute atomic E-state index is 0.434. The number of likely N-dealkylation sites (N-methyl/N-ethyl adjacent to an activating group) is 1. The lowest BCUT2D eigenvalue weighted by molar-refractivity contribution is 0.223. The van der Waals surface area contributed by atoms with Crippen LogP contribution in [0.25, 0.3) is 11.1 Å². The third-order valence-electron chi connectivity index (χ3n) is 5.40. The van der Waals surface area contributed by atoms with Gasteiger partial charge in [-0.3, -0.25) is 4.90 Å². The first-order chi connectivity index (χ1) is 9.75. The van der Waals surface area contributed by atoms with E-state index in [0.717, 1.165) is 30.5 Å². The molecule has 3 aliphatic rings. The molecule has 1 heterocycles. The minimum Gasteiger partial charge on any atom is -0.384 e. The summed E-state index contributed by atoms with van der Waals surface area (Å²) in [5.74, 6) is 0. The molecule has 2 aliphatic carbocycles. The number of aliphatic hydroxyl groups excluding tert-OH is 1. The van der Waals surface area contributed by atoms with Crippen molar-refractivity contribution in [1.29, 1.82) is 0 Å². The van der Waals surface area contributed by atoms with Crippen LogP contribution in [0, 0.1) is 0 Å². The van der Waals surface area contributed by atoms with E-state index in [4.69, 9.17) is 0 Å². The molecule has 2 heteroatoms. The van der Waals surface area contributed by atoms with Crippen molar-refractivity contribution >= 4 is 0 Å². The summed E-state index contributed by atoms with van der Waals surface area (Å²) in [5, 5.41) is 10.6. The molecule has 0 saturated heterocycles. The van der Waals surface area contributed by atoms with Crippen molar-refractivity contribution in [2.75, 3.05) is 13.6 Å². The predicted molar refractivity (Wildman–Crippen MR) is 78.7 cm³/mol. The Balaban J connectivity index is 1.94. The lowest BCUT2D eigenvalue weighted by Gasteiger charge is -2.39. The zero-order valence-corrected chi connectivity index (χ0v) is 11.6. The molecule has 2 aromatic rings. The number of rotatable bonds is 0. The van der Waals surface area contributed by atoms with E-state index in [-0.39, 0.29) is 0 Å². The molecule has 1 N–H and O–H groups in total. The van der Waals surface area contributed by atoms with Crippen LogP contribution in [0.5, 0.6) is 0 Å². The number of nitrogens with zero attached hydrogens (tertiary/aromatic N) is 1. The van der Waals surface area contributed by atoms with Gasteiger partial charge in [-0.1, -0.05) is 30.3 Å². The lowest BCUT2D eigenvalue weighted by Crippen LogP contribution is -2.35. The molecular weight excluding hydrogens is 246 g/mol. The van der Waals surface area contributed by atoms with E-state index in [0.29, 0.717) is 6.04 Å². The Bertz CT molecular complexity index is 749. The Hall–Kier alpha value is -1.64. The fraction of sp³-hybridized carbons (Fsp3) is 0.333. The van der Waals surface area contributed by atoms with Gasteiger partial charge in [0.15, 0.2) is 0 Å². The van der Waals surface area contributed by atoms with Crippen molar-refractivity contribution in [2.24, 2.45) is 0 Å². The summed E-state index contributed by atoms with van der Waals surface area (Å²) >= 11 is 0. The smallest absolute Gasteiger partial charge is 0.105 e. The maximum Gasteiger partial charge on any atom is 0.105 e. The van der Waals surface area contributed by atoms with Gasteiger partial charge in [-0.05, 0) is 58.8 Å². The Morgan fingerprint density at radius 3 is 2.80 bits per heavy atom. The third-order valence-corrected chi connectivity index (χ3v) is 5.40. The van der Waals surface area contributed by atoms with Gasteiger partial charge in [0.2, 0.25) is 0 Å². The summed E-state index contributed by atoms with van der Waals surface area (Å²) in [6.07, 6.45) is 1.77. The Kier molecular flexibility index (Phi) is 1.94. The summed E-state index contributed by atoms with van der Waals surface area (Å²) in [6, 6.07) is 11.3. The average Bonchev–Trinajstić information content (AvgIpc) is 2.77. The first-order valence-electron chi connectivity index (χ1n) is 7.42. The van der Waals surface area contributed by atoms with Crippen LogP contribution in [0.3, 0.4) is 0 Å². The summed E-state index contributed by atoms with van der Waals surface area (Å²) in [5.41, 5.74) is 9.29. The highest BCUT2D eigenvalue weighted by Crippen LogP contribution is 2.54. The fourth-order valence-electron chi connectivity index (χ4n) is 4.41. The molecule has 0 radical (unpaired) electrons. The second-order valence-corrected chi connectivity index (χ2v) is 6.34. The van der Waals surface area contributed by atoms with E-state index in [9.17, 15) is 5.11 Å². The maximum absolute atomic E-state index is 10.6. The molecule has 1 aliphatic heterocycles. The van der Waals surface area contributed by atoms with Gasteiger partial charge in [-0.25, -0.2) is 0 Å². The van der Waals surface area contributed by atoms with Crippen molar-refractivity contribution in [3.05, 3.63) is 58.1 Å². The average molecular weight is 263 g/mol. The monoisotopic (exact) mass is 263 g/mol. The summed E-state index contributed by atoms with van der Waals surface area (Å²) < 4.78 is 0. The molecule has 100 valence electrons. The van der Waals surface area contributed by atoms with Crippen molar-refractivity contribution in [1.82, 2.24) is 4.90 Å². The van der Waals surface area contributed by atoms with Crippen LogP contribution in [0.1, 0.15) is 40.0 Å². The SMILES string of the molecule is CN1CCc2ccc3c4c2C1Cc1cccc(c1-4)C3O. The zero-order chi connectivity index (χ0) is 13.4. The number of benzene rings is 2. The van der Waals surface area contributed by atoms with Crippen molar-refractivity contribution in [3.63, 3.8) is 0 Å². The van der Waals surface area contributed by atoms with Gasteiger partial charge in [0.05, 0.1) is 0 Å². The van der Waals surface area contributed by atoms with Gasteiger partial charge >= 0.3 is 0 Å². The van der Waals surface area contributed by atoms with E-state index in [1.54, 1.807) is 0 Å². The zero-order valence-electron chi connectivity index (χ0n) is 11.6. The molecule has 20 heavy (non-hydrogen) atoms. The lowest BCUT2D eigenvalue weighted by atomic mass is 9.77. The van der Waals surface area contributed by atoms with Crippen LogP contribution in [0.4, 0.5) is 0 Å². The summed E-state index contributed by atoms with van der Waals surface area (Å²) in [7, 11) is 2.23. The number of hydrogen-bond donors (Lipinski definition) is 1. The molecule has 0 aromatic heterocycles. The molecule has 0 saturated carbocycles. The topological polar surface area (TPSA) is 23.5 Å².